The molecule has 0 aromatic carbocycles. The standard InChI is InChI=1S/C11H14N4S/c1-7-4-5-13-11(10(7)12)16-9-6-8(2)14-15(9)3/h4-6H,12H2,1-3H3. The molecule has 2 heterocycles. The fraction of sp³-hybridized carbons (Fsp3) is 0.273. The molecule has 0 aliphatic rings. The van der Waals surface area contributed by atoms with E-state index in [0.29, 0.717) is 0 Å². The van der Waals surface area contributed by atoms with Gasteiger partial charge in [-0.1, -0.05) is 0 Å². The molecule has 4 nitrogen and oxygen atoms in total. The quantitative estimate of drug-likeness (QED) is 0.865. The SMILES string of the molecule is Cc1cc(Sc2nccc(C)c2N)n(C)n1. The van der Waals surface area contributed by atoms with Crippen molar-refractivity contribution in [2.24, 2.45) is 7.05 Å². The largest absolute Gasteiger partial charge is 0.396 e. The smallest absolute Gasteiger partial charge is 0.125 e. The van der Waals surface area contributed by atoms with Crippen LogP contribution in [0.5, 0.6) is 0 Å². The lowest BCUT2D eigenvalue weighted by Gasteiger charge is -2.06. The highest BCUT2D eigenvalue weighted by Crippen LogP contribution is 2.31. The lowest BCUT2D eigenvalue weighted by Crippen LogP contribution is -1.97. The van der Waals surface area contributed by atoms with Crippen LogP contribution in [0.4, 0.5) is 5.69 Å². The van der Waals surface area contributed by atoms with Crippen molar-refractivity contribution in [3.05, 3.63) is 29.6 Å². The molecule has 2 aromatic rings. The predicted molar refractivity (Wildman–Crippen MR) is 65.5 cm³/mol. The molecule has 2 aromatic heterocycles. The van der Waals surface area contributed by atoms with Crippen molar-refractivity contribution < 1.29 is 0 Å². The lowest BCUT2D eigenvalue weighted by molar-refractivity contribution is 0.692. The third-order valence-corrected chi connectivity index (χ3v) is 3.44. The molecule has 2 rings (SSSR count). The minimum atomic E-state index is 0.742. The number of nitrogens with zero attached hydrogens (tertiary/aromatic N) is 3. The Hall–Kier alpha value is -1.49. The summed E-state index contributed by atoms with van der Waals surface area (Å²) in [7, 11) is 1.92. The summed E-state index contributed by atoms with van der Waals surface area (Å²) in [5.41, 5.74) is 8.77. The predicted octanol–water partition coefficient (Wildman–Crippen LogP) is 2.17. The van der Waals surface area contributed by atoms with E-state index in [1.807, 2.05) is 37.7 Å². The van der Waals surface area contributed by atoms with E-state index in [4.69, 9.17) is 5.73 Å². The minimum Gasteiger partial charge on any atom is -0.396 e. The Morgan fingerprint density at radius 3 is 2.75 bits per heavy atom. The summed E-state index contributed by atoms with van der Waals surface area (Å²) >= 11 is 1.54. The van der Waals surface area contributed by atoms with Gasteiger partial charge in [-0.3, -0.25) is 4.68 Å². The average molecular weight is 234 g/mol. The molecule has 16 heavy (non-hydrogen) atoms. The number of aromatic nitrogens is 3. The maximum Gasteiger partial charge on any atom is 0.125 e. The van der Waals surface area contributed by atoms with E-state index in [1.165, 1.54) is 0 Å². The molecule has 0 radical (unpaired) electrons. The molecular formula is C11H14N4S. The van der Waals surface area contributed by atoms with Crippen LogP contribution in [0.25, 0.3) is 0 Å². The normalized spacial score (nSPS) is 10.7. The van der Waals surface area contributed by atoms with Crippen molar-refractivity contribution in [3.8, 4) is 0 Å². The molecule has 0 saturated carbocycles. The second-order valence-electron chi connectivity index (χ2n) is 3.70. The number of nitrogen functional groups attached to an aromatic ring is 1. The van der Waals surface area contributed by atoms with Crippen LogP contribution in [0, 0.1) is 13.8 Å². The summed E-state index contributed by atoms with van der Waals surface area (Å²) in [6, 6.07) is 3.93. The number of hydrogen-bond acceptors (Lipinski definition) is 4. The van der Waals surface area contributed by atoms with E-state index in [2.05, 4.69) is 10.1 Å². The van der Waals surface area contributed by atoms with Gasteiger partial charge >= 0.3 is 0 Å². The van der Waals surface area contributed by atoms with Crippen molar-refractivity contribution >= 4 is 17.4 Å². The first-order valence-electron chi connectivity index (χ1n) is 4.97. The first-order valence-corrected chi connectivity index (χ1v) is 5.79. The molecule has 0 saturated heterocycles. The highest BCUT2D eigenvalue weighted by atomic mass is 32.2. The zero-order chi connectivity index (χ0) is 11.7. The molecule has 2 N–H and O–H groups in total. The van der Waals surface area contributed by atoms with E-state index < -0.39 is 0 Å². The Balaban J connectivity index is 2.34. The number of nitrogens with two attached hydrogens (primary N) is 1. The summed E-state index contributed by atoms with van der Waals surface area (Å²) in [5.74, 6) is 0. The van der Waals surface area contributed by atoms with Crippen LogP contribution >= 0.6 is 11.8 Å². The van der Waals surface area contributed by atoms with Crippen molar-refractivity contribution in [2.45, 2.75) is 23.9 Å². The third kappa shape index (κ3) is 2.04. The summed E-state index contributed by atoms with van der Waals surface area (Å²) in [6.45, 7) is 3.95. The van der Waals surface area contributed by atoms with Gasteiger partial charge in [-0.2, -0.15) is 5.10 Å². The molecular weight excluding hydrogens is 220 g/mol. The molecule has 0 bridgehead atoms. The molecule has 0 aliphatic heterocycles. The topological polar surface area (TPSA) is 56.7 Å². The van der Waals surface area contributed by atoms with Gasteiger partial charge < -0.3 is 5.73 Å². The fourth-order valence-electron chi connectivity index (χ4n) is 1.41. The molecule has 0 atom stereocenters. The van der Waals surface area contributed by atoms with Gasteiger partial charge in [0.1, 0.15) is 10.1 Å². The van der Waals surface area contributed by atoms with Gasteiger partial charge in [0.15, 0.2) is 0 Å². The molecule has 84 valence electrons. The van der Waals surface area contributed by atoms with Crippen LogP contribution < -0.4 is 5.73 Å². The van der Waals surface area contributed by atoms with Crippen molar-refractivity contribution in [2.75, 3.05) is 5.73 Å². The summed E-state index contributed by atoms with van der Waals surface area (Å²) in [6.07, 6.45) is 1.78. The first-order chi connectivity index (χ1) is 7.58. The molecule has 0 spiro atoms. The highest BCUT2D eigenvalue weighted by Gasteiger charge is 2.09. The second kappa shape index (κ2) is 4.17. The van der Waals surface area contributed by atoms with Crippen LogP contribution in [0.2, 0.25) is 0 Å². The van der Waals surface area contributed by atoms with Gasteiger partial charge in [-0.25, -0.2) is 4.98 Å². The maximum absolute atomic E-state index is 5.97. The molecule has 0 amide bonds. The Morgan fingerprint density at radius 1 is 1.38 bits per heavy atom. The van der Waals surface area contributed by atoms with E-state index in [0.717, 1.165) is 27.0 Å². The molecule has 0 unspecified atom stereocenters. The highest BCUT2D eigenvalue weighted by molar-refractivity contribution is 7.99. The van der Waals surface area contributed by atoms with Gasteiger partial charge in [0.05, 0.1) is 11.4 Å². The van der Waals surface area contributed by atoms with Crippen LogP contribution in [0.3, 0.4) is 0 Å². The van der Waals surface area contributed by atoms with Crippen LogP contribution in [0.15, 0.2) is 28.4 Å². The third-order valence-electron chi connectivity index (χ3n) is 2.33. The number of hydrogen-bond donors (Lipinski definition) is 1. The monoisotopic (exact) mass is 234 g/mol. The van der Waals surface area contributed by atoms with Gasteiger partial charge in [-0.05, 0) is 43.3 Å². The fourth-order valence-corrected chi connectivity index (χ4v) is 2.39. The Morgan fingerprint density at radius 2 is 2.12 bits per heavy atom. The Kier molecular flexibility index (Phi) is 2.87. The second-order valence-corrected chi connectivity index (χ2v) is 4.71. The van der Waals surface area contributed by atoms with Gasteiger partial charge in [0, 0.05) is 13.2 Å². The van der Waals surface area contributed by atoms with Gasteiger partial charge in [-0.15, -0.1) is 0 Å². The summed E-state index contributed by atoms with van der Waals surface area (Å²) in [4.78, 5) is 4.28. The van der Waals surface area contributed by atoms with Crippen LogP contribution in [-0.2, 0) is 7.05 Å². The van der Waals surface area contributed by atoms with Crippen molar-refractivity contribution in [1.29, 1.82) is 0 Å². The molecule has 5 heteroatoms. The van der Waals surface area contributed by atoms with E-state index in [1.54, 1.807) is 18.0 Å². The lowest BCUT2D eigenvalue weighted by atomic mass is 10.3. The van der Waals surface area contributed by atoms with Crippen molar-refractivity contribution in [1.82, 2.24) is 14.8 Å². The van der Waals surface area contributed by atoms with Crippen LogP contribution in [-0.4, -0.2) is 14.8 Å². The minimum absolute atomic E-state index is 0.742. The van der Waals surface area contributed by atoms with E-state index in [-0.39, 0.29) is 0 Å². The van der Waals surface area contributed by atoms with Crippen molar-refractivity contribution in [3.63, 3.8) is 0 Å². The number of anilines is 1. The Bertz CT molecular complexity index is 519. The van der Waals surface area contributed by atoms with Gasteiger partial charge in [0.25, 0.3) is 0 Å². The first kappa shape index (κ1) is 11.0. The summed E-state index contributed by atoms with van der Waals surface area (Å²) in [5, 5.41) is 6.17. The zero-order valence-corrected chi connectivity index (χ0v) is 10.4. The Labute approximate surface area is 98.9 Å². The number of pyridine rings is 1. The number of aryl methyl sites for hydroxylation is 3. The van der Waals surface area contributed by atoms with E-state index >= 15 is 0 Å². The van der Waals surface area contributed by atoms with Crippen LogP contribution in [0.1, 0.15) is 11.3 Å². The maximum atomic E-state index is 5.97. The van der Waals surface area contributed by atoms with Gasteiger partial charge in [0.2, 0.25) is 0 Å². The summed E-state index contributed by atoms with van der Waals surface area (Å²) < 4.78 is 1.84. The van der Waals surface area contributed by atoms with E-state index in [9.17, 15) is 0 Å². The molecule has 0 aliphatic carbocycles. The number of rotatable bonds is 2. The zero-order valence-electron chi connectivity index (χ0n) is 9.56. The average Bonchev–Trinajstić information content (AvgIpc) is 2.53. The molecule has 0 fully saturated rings.